The Morgan fingerprint density at radius 3 is 1.88 bits per heavy atom. The topological polar surface area (TPSA) is 50.9 Å². The molecule has 68 heavy (non-hydrogen) atoms. The molecule has 2 heterocycles. The zero-order valence-electron chi connectivity index (χ0n) is 47.0. The van der Waals surface area contributed by atoms with Gasteiger partial charge in [0.15, 0.2) is 0 Å². The van der Waals surface area contributed by atoms with Crippen LogP contribution in [0.1, 0.15) is 123 Å². The molecule has 0 atom stereocenters. The van der Waals surface area contributed by atoms with Crippen molar-refractivity contribution in [2.24, 2.45) is 0 Å². The van der Waals surface area contributed by atoms with Crippen LogP contribution >= 0.6 is 0 Å². The van der Waals surface area contributed by atoms with Gasteiger partial charge in [-0.2, -0.15) is 0 Å². The molecule has 0 fully saturated rings. The van der Waals surface area contributed by atoms with Crippen LogP contribution in [0.5, 0.6) is 5.75 Å². The van der Waals surface area contributed by atoms with Gasteiger partial charge in [0.05, 0.1) is 28.0 Å². The highest BCUT2D eigenvalue weighted by molar-refractivity contribution is 5.98. The summed E-state index contributed by atoms with van der Waals surface area (Å²) in [6.45, 7) is 16.9. The van der Waals surface area contributed by atoms with Gasteiger partial charge in [0, 0.05) is 31.1 Å². The van der Waals surface area contributed by atoms with E-state index in [-0.39, 0.29) is 39.5 Å². The van der Waals surface area contributed by atoms with Gasteiger partial charge in [-0.25, -0.2) is 4.98 Å². The number of pyridine rings is 1. The zero-order valence-corrected chi connectivity index (χ0v) is 41.0. The van der Waals surface area contributed by atoms with Crippen molar-refractivity contribution in [2.75, 3.05) is 0 Å². The molecule has 7 aromatic carbocycles. The third-order valence-electron chi connectivity index (χ3n) is 13.3. The second-order valence-corrected chi connectivity index (χ2v) is 20.9. The third-order valence-corrected chi connectivity index (χ3v) is 13.3. The second kappa shape index (κ2) is 17.9. The molecule has 0 spiro atoms. The number of aromatic nitrogens is 3. The number of rotatable bonds is 9. The van der Waals surface area contributed by atoms with E-state index in [9.17, 15) is 5.11 Å². The van der Waals surface area contributed by atoms with Crippen LogP contribution in [0.15, 0.2) is 158 Å². The van der Waals surface area contributed by atoms with Gasteiger partial charge >= 0.3 is 0 Å². The predicted molar refractivity (Wildman–Crippen MR) is 288 cm³/mol. The molecule has 0 saturated heterocycles. The molecule has 9 aromatic rings. The van der Waals surface area contributed by atoms with Crippen molar-refractivity contribution in [3.63, 3.8) is 0 Å². The number of hydrogen-bond acceptors (Lipinski definition) is 3. The number of phenols is 1. The van der Waals surface area contributed by atoms with Gasteiger partial charge in [-0.05, 0) is 146 Å². The Balaban J connectivity index is 1.37. The number of nitrogens with zero attached hydrogens (tertiary/aromatic N) is 3. The molecule has 342 valence electrons. The van der Waals surface area contributed by atoms with E-state index in [0.717, 1.165) is 72.4 Å². The Bertz CT molecular complexity index is 3540. The van der Waals surface area contributed by atoms with Crippen molar-refractivity contribution in [3.05, 3.63) is 191 Å². The van der Waals surface area contributed by atoms with Gasteiger partial charge in [-0.3, -0.25) is 9.55 Å². The first-order chi connectivity index (χ1) is 34.8. The lowest BCUT2D eigenvalue weighted by Crippen LogP contribution is -2.11. The number of phenolic OH excluding ortho intramolecular Hbond substituents is 1. The van der Waals surface area contributed by atoms with Crippen LogP contribution in [-0.2, 0) is 10.8 Å². The number of aromatic hydroxyl groups is 1. The molecular formula is C64H65N3O. The lowest BCUT2D eigenvalue weighted by molar-refractivity contribution is 0.466. The van der Waals surface area contributed by atoms with E-state index in [1.54, 1.807) is 18.3 Å². The molecule has 0 radical (unpaired) electrons. The van der Waals surface area contributed by atoms with Gasteiger partial charge in [0.2, 0.25) is 0 Å². The quantitative estimate of drug-likeness (QED) is 0.157. The van der Waals surface area contributed by atoms with Crippen LogP contribution in [0.25, 0.3) is 83.9 Å². The lowest BCUT2D eigenvalue weighted by Gasteiger charge is -2.22. The number of para-hydroxylation sites is 1. The highest BCUT2D eigenvalue weighted by Crippen LogP contribution is 2.46. The maximum atomic E-state index is 12.5. The normalized spacial score (nSPS) is 13.8. The molecule has 0 aliphatic rings. The Labute approximate surface area is 412 Å². The molecule has 0 unspecified atom stereocenters. The standard InChI is InChI=1S/C64H65N3O/c1-39(2)47-35-53(40(3)4)61(68)56(36-47)62-66-60-52(48-32-49(34-51(33-48)64(10,11)12)57-37-46(29-30-65-57)43-23-21-41(5)22-24-43)19-16-20-58(60)67(62)59-31-42(6)54(44-17-14-13-15-18-44)38-55(59)45-25-27-50(28-26-45)63(7,8)9/h13-40,68H,1-12H3/i5D3,6D3. The van der Waals surface area contributed by atoms with E-state index in [1.807, 2.05) is 84.9 Å². The van der Waals surface area contributed by atoms with Crippen LogP contribution in [0.4, 0.5) is 0 Å². The molecule has 2 aromatic heterocycles. The summed E-state index contributed by atoms with van der Waals surface area (Å²) >= 11 is 0. The van der Waals surface area contributed by atoms with Gasteiger partial charge in [0.25, 0.3) is 0 Å². The maximum absolute atomic E-state index is 12.5. The number of fused-ring (bicyclic) bond motifs is 1. The number of aryl methyl sites for hydroxylation is 2. The van der Waals surface area contributed by atoms with Crippen LogP contribution in [-0.4, -0.2) is 19.6 Å². The van der Waals surface area contributed by atoms with Crippen LogP contribution in [0, 0.1) is 13.7 Å². The highest BCUT2D eigenvalue weighted by Gasteiger charge is 2.27. The summed E-state index contributed by atoms with van der Waals surface area (Å²) in [7, 11) is 0. The molecule has 0 amide bonds. The lowest BCUT2D eigenvalue weighted by atomic mass is 9.83. The van der Waals surface area contributed by atoms with Crippen molar-refractivity contribution in [3.8, 4) is 78.6 Å². The predicted octanol–water partition coefficient (Wildman–Crippen LogP) is 17.6. The van der Waals surface area contributed by atoms with Crippen molar-refractivity contribution < 1.29 is 13.3 Å². The van der Waals surface area contributed by atoms with E-state index in [4.69, 9.17) is 18.2 Å². The van der Waals surface area contributed by atoms with Gasteiger partial charge in [-0.1, -0.05) is 178 Å². The second-order valence-electron chi connectivity index (χ2n) is 20.9. The van der Waals surface area contributed by atoms with Crippen molar-refractivity contribution in [1.29, 1.82) is 0 Å². The molecule has 9 rings (SSSR count). The van der Waals surface area contributed by atoms with E-state index in [2.05, 4.69) is 128 Å². The van der Waals surface area contributed by atoms with Crippen molar-refractivity contribution in [2.45, 2.75) is 106 Å². The molecule has 4 heteroatoms. The molecule has 0 aliphatic heterocycles. The zero-order chi connectivity index (χ0) is 53.2. The monoisotopic (exact) mass is 898 g/mol. The molecule has 0 aliphatic carbocycles. The van der Waals surface area contributed by atoms with E-state index in [1.165, 1.54) is 5.56 Å². The minimum atomic E-state index is -2.50. The molecule has 4 nitrogen and oxygen atoms in total. The smallest absolute Gasteiger partial charge is 0.149 e. The maximum Gasteiger partial charge on any atom is 0.149 e. The number of benzene rings is 7. The van der Waals surface area contributed by atoms with E-state index >= 15 is 0 Å². The average Bonchev–Trinajstić information content (AvgIpc) is 3.74. The third kappa shape index (κ3) is 8.93. The van der Waals surface area contributed by atoms with Crippen LogP contribution < -0.4 is 0 Å². The van der Waals surface area contributed by atoms with Crippen molar-refractivity contribution >= 4 is 11.0 Å². The first kappa shape index (κ1) is 39.0. The molecule has 0 bridgehead atoms. The largest absolute Gasteiger partial charge is 0.507 e. The summed E-state index contributed by atoms with van der Waals surface area (Å²) in [5.74, 6) is 0.733. The Kier molecular flexibility index (Phi) is 10.3. The molecule has 0 saturated carbocycles. The highest BCUT2D eigenvalue weighted by atomic mass is 16.3. The van der Waals surface area contributed by atoms with E-state index in [0.29, 0.717) is 28.2 Å². The molecular weight excluding hydrogens is 827 g/mol. The van der Waals surface area contributed by atoms with Crippen LogP contribution in [0.3, 0.4) is 0 Å². The minimum absolute atomic E-state index is 0.00993. The van der Waals surface area contributed by atoms with E-state index < -0.39 is 13.7 Å². The fourth-order valence-corrected chi connectivity index (χ4v) is 9.19. The Morgan fingerprint density at radius 2 is 1.22 bits per heavy atom. The number of imidazole rings is 1. The Hall–Kier alpha value is -7.04. The summed E-state index contributed by atoms with van der Waals surface area (Å²) in [4.78, 5) is 10.5. The van der Waals surface area contributed by atoms with Crippen molar-refractivity contribution in [1.82, 2.24) is 14.5 Å². The SMILES string of the molecule is [2H]C([2H])([2H])c1ccc(-c2ccnc(-c3cc(-c4cccc5c4nc(-c4cc(C(C)C)cc(C(C)C)c4O)n5-c4cc(C([2H])([2H])[2H])c(-c5ccccc5)cc4-c4ccc(C(C)(C)C)cc4)cc(C(C)(C)C)c3)c2)cc1. The first-order valence-corrected chi connectivity index (χ1v) is 23.7. The summed E-state index contributed by atoms with van der Waals surface area (Å²) in [6, 6.07) is 49.8. The van der Waals surface area contributed by atoms with Crippen LogP contribution in [0.2, 0.25) is 0 Å². The Morgan fingerprint density at radius 1 is 0.529 bits per heavy atom. The summed E-state index contributed by atoms with van der Waals surface area (Å²) < 4.78 is 52.9. The number of hydrogen-bond donors (Lipinski definition) is 1. The minimum Gasteiger partial charge on any atom is -0.507 e. The van der Waals surface area contributed by atoms with Gasteiger partial charge in [-0.15, -0.1) is 0 Å². The summed E-state index contributed by atoms with van der Waals surface area (Å²) in [5, 5.41) is 12.5. The summed E-state index contributed by atoms with van der Waals surface area (Å²) in [6.07, 6.45) is 1.79. The summed E-state index contributed by atoms with van der Waals surface area (Å²) in [5.41, 5.74) is 15.1. The first-order valence-electron chi connectivity index (χ1n) is 26.7. The molecule has 1 N–H and O–H groups in total. The average molecular weight is 898 g/mol. The fourth-order valence-electron chi connectivity index (χ4n) is 9.19. The van der Waals surface area contributed by atoms with Gasteiger partial charge < -0.3 is 5.11 Å². The fraction of sp³-hybridized carbons (Fsp3) is 0.250. The van der Waals surface area contributed by atoms with Gasteiger partial charge in [0.1, 0.15) is 11.6 Å².